The van der Waals surface area contributed by atoms with E-state index < -0.39 is 5.60 Å². The topological polar surface area (TPSA) is 68.9 Å². The van der Waals surface area contributed by atoms with Gasteiger partial charge in [0.1, 0.15) is 11.8 Å². The predicted molar refractivity (Wildman–Crippen MR) is 64.1 cm³/mol. The molecule has 2 N–H and O–H groups in total. The van der Waals surface area contributed by atoms with Crippen LogP contribution in [0.4, 0.5) is 0 Å². The van der Waals surface area contributed by atoms with Crippen molar-refractivity contribution in [2.75, 3.05) is 6.54 Å². The molecule has 0 bridgehead atoms. The average Bonchev–Trinajstić information content (AvgIpc) is 2.77. The van der Waals surface area contributed by atoms with Gasteiger partial charge in [-0.2, -0.15) is 5.26 Å². The van der Waals surface area contributed by atoms with E-state index in [-0.39, 0.29) is 0 Å². The van der Waals surface area contributed by atoms with Gasteiger partial charge in [0, 0.05) is 19.3 Å². The molecule has 1 aromatic rings. The van der Waals surface area contributed by atoms with Crippen LogP contribution in [-0.4, -0.2) is 22.2 Å². The zero-order chi connectivity index (χ0) is 12.1. The summed E-state index contributed by atoms with van der Waals surface area (Å²) < 4.78 is 0. The van der Waals surface area contributed by atoms with Gasteiger partial charge in [0.15, 0.2) is 0 Å². The van der Waals surface area contributed by atoms with Gasteiger partial charge in [-0.25, -0.2) is 4.98 Å². The Morgan fingerprint density at radius 1 is 1.47 bits per heavy atom. The minimum Gasteiger partial charge on any atom is -0.389 e. The summed E-state index contributed by atoms with van der Waals surface area (Å²) >= 11 is 0. The molecule has 0 aromatic carbocycles. The van der Waals surface area contributed by atoms with Crippen molar-refractivity contribution < 1.29 is 5.11 Å². The van der Waals surface area contributed by atoms with Crippen molar-refractivity contribution in [1.82, 2.24) is 10.3 Å². The molecule has 1 aromatic heterocycles. The molecule has 0 unspecified atom stereocenters. The van der Waals surface area contributed by atoms with Gasteiger partial charge in [0.05, 0.1) is 5.60 Å². The normalized spacial score (nSPS) is 17.9. The number of hydrogen-bond acceptors (Lipinski definition) is 4. The molecule has 90 valence electrons. The quantitative estimate of drug-likeness (QED) is 0.820. The highest BCUT2D eigenvalue weighted by molar-refractivity contribution is 5.25. The number of hydrogen-bond donors (Lipinski definition) is 2. The fourth-order valence-corrected chi connectivity index (χ4v) is 2.29. The van der Waals surface area contributed by atoms with Crippen LogP contribution >= 0.6 is 0 Å². The first kappa shape index (κ1) is 12.0. The van der Waals surface area contributed by atoms with Gasteiger partial charge in [-0.15, -0.1) is 0 Å². The highest BCUT2D eigenvalue weighted by Crippen LogP contribution is 2.28. The smallest absolute Gasteiger partial charge is 0.140 e. The summed E-state index contributed by atoms with van der Waals surface area (Å²) in [6, 6.07) is 5.67. The number of aromatic nitrogens is 1. The third-order valence-corrected chi connectivity index (χ3v) is 3.26. The fourth-order valence-electron chi connectivity index (χ4n) is 2.29. The lowest BCUT2D eigenvalue weighted by atomic mass is 10.0. The zero-order valence-corrected chi connectivity index (χ0v) is 9.82. The monoisotopic (exact) mass is 231 g/mol. The van der Waals surface area contributed by atoms with E-state index in [4.69, 9.17) is 5.26 Å². The third-order valence-electron chi connectivity index (χ3n) is 3.26. The Morgan fingerprint density at radius 3 is 2.94 bits per heavy atom. The maximum Gasteiger partial charge on any atom is 0.140 e. The molecule has 1 aliphatic carbocycles. The molecular formula is C13H17N3O. The van der Waals surface area contributed by atoms with E-state index in [0.717, 1.165) is 31.2 Å². The Morgan fingerprint density at radius 2 is 2.24 bits per heavy atom. The van der Waals surface area contributed by atoms with Gasteiger partial charge < -0.3 is 10.4 Å². The average molecular weight is 231 g/mol. The molecule has 0 amide bonds. The minimum absolute atomic E-state index is 0.434. The van der Waals surface area contributed by atoms with E-state index in [1.807, 2.05) is 12.1 Å². The van der Waals surface area contributed by atoms with Crippen molar-refractivity contribution >= 4 is 0 Å². The number of nitrogens with zero attached hydrogens (tertiary/aromatic N) is 2. The Bertz CT molecular complexity index is 419. The van der Waals surface area contributed by atoms with Gasteiger partial charge in [0.2, 0.25) is 0 Å². The largest absolute Gasteiger partial charge is 0.389 e. The molecule has 4 heteroatoms. The predicted octanol–water partition coefficient (Wildman–Crippen LogP) is 1.35. The summed E-state index contributed by atoms with van der Waals surface area (Å²) in [5.74, 6) is 0. The lowest BCUT2D eigenvalue weighted by Crippen LogP contribution is -2.37. The Hall–Kier alpha value is -1.44. The van der Waals surface area contributed by atoms with Crippen LogP contribution < -0.4 is 5.32 Å². The fraction of sp³-hybridized carbons (Fsp3) is 0.538. The van der Waals surface area contributed by atoms with Gasteiger partial charge in [-0.1, -0.05) is 12.8 Å². The van der Waals surface area contributed by atoms with Crippen molar-refractivity contribution in [3.63, 3.8) is 0 Å². The first-order valence-electron chi connectivity index (χ1n) is 6.00. The van der Waals surface area contributed by atoms with Crippen molar-refractivity contribution in [3.05, 3.63) is 29.6 Å². The number of rotatable bonds is 4. The lowest BCUT2D eigenvalue weighted by molar-refractivity contribution is 0.0475. The Balaban J connectivity index is 1.83. The van der Waals surface area contributed by atoms with E-state index in [0.29, 0.717) is 18.8 Å². The Labute approximate surface area is 101 Å². The van der Waals surface area contributed by atoms with Crippen LogP contribution in [0.5, 0.6) is 0 Å². The molecule has 0 aliphatic heterocycles. The van der Waals surface area contributed by atoms with Crippen LogP contribution in [0.25, 0.3) is 0 Å². The second-order valence-corrected chi connectivity index (χ2v) is 4.70. The standard InChI is InChI=1S/C13H17N3O/c14-8-12-7-11(3-6-16-12)9-15-10-13(17)4-1-2-5-13/h3,6-7,15,17H,1-2,4-5,9-10H2. The zero-order valence-electron chi connectivity index (χ0n) is 9.82. The number of nitrogens with one attached hydrogen (secondary N) is 1. The molecule has 1 saturated carbocycles. The molecule has 17 heavy (non-hydrogen) atoms. The van der Waals surface area contributed by atoms with E-state index in [2.05, 4.69) is 10.3 Å². The van der Waals surface area contributed by atoms with Gasteiger partial charge in [-0.3, -0.25) is 0 Å². The van der Waals surface area contributed by atoms with E-state index in [9.17, 15) is 5.11 Å². The minimum atomic E-state index is -0.523. The first-order valence-corrected chi connectivity index (χ1v) is 6.00. The Kier molecular flexibility index (Phi) is 3.72. The highest BCUT2D eigenvalue weighted by Gasteiger charge is 2.30. The van der Waals surface area contributed by atoms with E-state index >= 15 is 0 Å². The second kappa shape index (κ2) is 5.26. The van der Waals surface area contributed by atoms with Crippen molar-refractivity contribution in [3.8, 4) is 6.07 Å². The molecule has 2 rings (SSSR count). The van der Waals surface area contributed by atoms with Crippen molar-refractivity contribution in [2.24, 2.45) is 0 Å². The summed E-state index contributed by atoms with van der Waals surface area (Å²) in [5.41, 5.74) is 0.937. The molecule has 4 nitrogen and oxygen atoms in total. The summed E-state index contributed by atoms with van der Waals surface area (Å²) in [4.78, 5) is 3.92. The van der Waals surface area contributed by atoms with Gasteiger partial charge in [-0.05, 0) is 30.5 Å². The van der Waals surface area contributed by atoms with Gasteiger partial charge in [0.25, 0.3) is 0 Å². The third kappa shape index (κ3) is 3.26. The molecule has 1 heterocycles. The number of nitriles is 1. The van der Waals surface area contributed by atoms with Crippen LogP contribution in [0.3, 0.4) is 0 Å². The summed E-state index contributed by atoms with van der Waals surface area (Å²) in [6.45, 7) is 1.29. The first-order chi connectivity index (χ1) is 8.22. The van der Waals surface area contributed by atoms with Gasteiger partial charge >= 0.3 is 0 Å². The van der Waals surface area contributed by atoms with Crippen LogP contribution in [0, 0.1) is 11.3 Å². The molecule has 0 saturated heterocycles. The molecular weight excluding hydrogens is 214 g/mol. The van der Waals surface area contributed by atoms with Crippen LogP contribution in [-0.2, 0) is 6.54 Å². The van der Waals surface area contributed by atoms with E-state index in [1.165, 1.54) is 0 Å². The SMILES string of the molecule is N#Cc1cc(CNCC2(O)CCCC2)ccn1. The maximum absolute atomic E-state index is 10.1. The molecule has 0 atom stereocenters. The summed E-state index contributed by atoms with van der Waals surface area (Å²) in [6.07, 6.45) is 5.65. The van der Waals surface area contributed by atoms with Crippen LogP contribution in [0.2, 0.25) is 0 Å². The maximum atomic E-state index is 10.1. The molecule has 0 spiro atoms. The van der Waals surface area contributed by atoms with Crippen molar-refractivity contribution in [1.29, 1.82) is 5.26 Å². The van der Waals surface area contributed by atoms with Crippen LogP contribution in [0.1, 0.15) is 36.9 Å². The molecule has 0 radical (unpaired) electrons. The molecule has 1 aliphatic rings. The highest BCUT2D eigenvalue weighted by atomic mass is 16.3. The number of aliphatic hydroxyl groups is 1. The number of pyridine rings is 1. The second-order valence-electron chi connectivity index (χ2n) is 4.70. The van der Waals surface area contributed by atoms with Crippen LogP contribution in [0.15, 0.2) is 18.3 Å². The molecule has 1 fully saturated rings. The van der Waals surface area contributed by atoms with E-state index in [1.54, 1.807) is 12.3 Å². The summed E-state index contributed by atoms with van der Waals surface area (Å²) in [5, 5.41) is 22.1. The van der Waals surface area contributed by atoms with Crippen molar-refractivity contribution in [2.45, 2.75) is 37.8 Å². The lowest BCUT2D eigenvalue weighted by Gasteiger charge is -2.22. The summed E-state index contributed by atoms with van der Waals surface area (Å²) in [7, 11) is 0.